The molecule has 0 aromatic rings. The monoisotopic (exact) mass is 296 g/mol. The molecule has 0 fully saturated rings. The molecular formula is C17H36Si2. The summed E-state index contributed by atoms with van der Waals surface area (Å²) in [6, 6.07) is 0. The first-order chi connectivity index (χ1) is 7.96. The number of rotatable bonds is 1. The zero-order valence-corrected chi connectivity index (χ0v) is 17.5. The Morgan fingerprint density at radius 2 is 1.00 bits per heavy atom. The first kappa shape index (κ1) is 19.0. The van der Waals surface area contributed by atoms with Gasteiger partial charge >= 0.3 is 0 Å². The van der Waals surface area contributed by atoms with E-state index in [1.54, 1.807) is 0 Å². The molecule has 0 N–H and O–H groups in total. The van der Waals surface area contributed by atoms with E-state index in [0.717, 1.165) is 0 Å². The van der Waals surface area contributed by atoms with Gasteiger partial charge in [0.25, 0.3) is 0 Å². The highest BCUT2D eigenvalue weighted by atomic mass is 28.3. The third-order valence-electron chi connectivity index (χ3n) is 6.00. The summed E-state index contributed by atoms with van der Waals surface area (Å²) < 4.78 is 0. The van der Waals surface area contributed by atoms with E-state index in [0.29, 0.717) is 10.1 Å². The second-order valence-electron chi connectivity index (χ2n) is 9.62. The van der Waals surface area contributed by atoms with Gasteiger partial charge in [0, 0.05) is 5.04 Å². The summed E-state index contributed by atoms with van der Waals surface area (Å²) in [6.07, 6.45) is 0. The molecule has 0 spiro atoms. The molecule has 0 saturated carbocycles. The molecular weight excluding hydrogens is 260 g/mol. The molecule has 19 heavy (non-hydrogen) atoms. The van der Waals surface area contributed by atoms with E-state index in [9.17, 15) is 0 Å². The molecule has 0 aromatic carbocycles. The Morgan fingerprint density at radius 3 is 1.26 bits per heavy atom. The second kappa shape index (κ2) is 5.08. The molecule has 112 valence electrons. The van der Waals surface area contributed by atoms with Crippen molar-refractivity contribution in [2.24, 2.45) is 0 Å². The Labute approximate surface area is 124 Å². The van der Waals surface area contributed by atoms with Crippen molar-refractivity contribution in [2.75, 3.05) is 0 Å². The van der Waals surface area contributed by atoms with Gasteiger partial charge in [-0.3, -0.25) is 0 Å². The van der Waals surface area contributed by atoms with Crippen LogP contribution in [-0.4, -0.2) is 16.1 Å². The summed E-state index contributed by atoms with van der Waals surface area (Å²) in [4.78, 5) is 0. The second-order valence-corrected chi connectivity index (χ2v) is 20.6. The van der Waals surface area contributed by atoms with Gasteiger partial charge in [0.05, 0.1) is 8.07 Å². The summed E-state index contributed by atoms with van der Waals surface area (Å²) in [7, 11) is -2.93. The third-order valence-corrected chi connectivity index (χ3v) is 17.5. The van der Waals surface area contributed by atoms with E-state index in [4.69, 9.17) is 0 Å². The lowest BCUT2D eigenvalue weighted by molar-refractivity contribution is 0.664. The molecule has 0 nitrogen and oxygen atoms in total. The largest absolute Gasteiger partial charge is 0.137 e. The Balaban J connectivity index is 5.55. The van der Waals surface area contributed by atoms with E-state index in [-0.39, 0.29) is 5.04 Å². The Morgan fingerprint density at radius 1 is 0.632 bits per heavy atom. The zero-order valence-electron chi connectivity index (χ0n) is 15.5. The maximum absolute atomic E-state index is 3.74. The lowest BCUT2D eigenvalue weighted by Crippen LogP contribution is -2.47. The lowest BCUT2D eigenvalue weighted by atomic mass is 10.2. The normalized spacial score (nSPS) is 14.9. The van der Waals surface area contributed by atoms with Crippen LogP contribution in [0.1, 0.15) is 55.4 Å². The van der Waals surface area contributed by atoms with Crippen molar-refractivity contribution in [3.63, 3.8) is 0 Å². The van der Waals surface area contributed by atoms with Gasteiger partial charge < -0.3 is 0 Å². The van der Waals surface area contributed by atoms with Crippen molar-refractivity contribution >= 4 is 16.1 Å². The van der Waals surface area contributed by atoms with Gasteiger partial charge in [0.2, 0.25) is 0 Å². The molecule has 0 aliphatic rings. The third kappa shape index (κ3) is 3.98. The first-order valence-electron chi connectivity index (χ1n) is 7.50. The lowest BCUT2D eigenvalue weighted by Gasteiger charge is -2.46. The van der Waals surface area contributed by atoms with E-state index in [1.165, 1.54) is 0 Å². The fourth-order valence-corrected chi connectivity index (χ4v) is 4.97. The summed E-state index contributed by atoms with van der Waals surface area (Å²) >= 11 is 0. The summed E-state index contributed by atoms with van der Waals surface area (Å²) in [6.45, 7) is 28.7. The minimum atomic E-state index is -1.49. The van der Waals surface area contributed by atoms with E-state index < -0.39 is 16.1 Å². The molecule has 0 rings (SSSR count). The van der Waals surface area contributed by atoms with Crippen LogP contribution in [-0.2, 0) is 0 Å². The van der Waals surface area contributed by atoms with Crippen LogP contribution in [0.2, 0.25) is 41.3 Å². The van der Waals surface area contributed by atoms with E-state index in [2.05, 4.69) is 93.0 Å². The van der Waals surface area contributed by atoms with Crippen molar-refractivity contribution in [3.05, 3.63) is 0 Å². The smallest absolute Gasteiger partial charge is 0.131 e. The Hall–Kier alpha value is -0.00623. The molecule has 0 aliphatic carbocycles. The highest BCUT2D eigenvalue weighted by Gasteiger charge is 2.47. The maximum atomic E-state index is 3.74. The summed E-state index contributed by atoms with van der Waals surface area (Å²) in [5.74, 6) is 3.73. The van der Waals surface area contributed by atoms with Crippen LogP contribution in [0.5, 0.6) is 0 Å². The minimum absolute atomic E-state index is 0.167. The standard InChI is InChI=1S/C17H36Si2/c1-15(2,3)18(9,10)14-13-17(7,8)19(11,12)16(4,5)6/h1-12H3. The van der Waals surface area contributed by atoms with Crippen LogP contribution >= 0.6 is 0 Å². The van der Waals surface area contributed by atoms with Crippen LogP contribution < -0.4 is 0 Å². The van der Waals surface area contributed by atoms with Crippen molar-refractivity contribution in [1.29, 1.82) is 0 Å². The minimum Gasteiger partial charge on any atom is -0.131 e. The Kier molecular flexibility index (Phi) is 5.07. The molecule has 0 aliphatic heterocycles. The molecule has 0 radical (unpaired) electrons. The van der Waals surface area contributed by atoms with Gasteiger partial charge in [-0.2, -0.15) is 0 Å². The predicted molar refractivity (Wildman–Crippen MR) is 96.2 cm³/mol. The van der Waals surface area contributed by atoms with Crippen molar-refractivity contribution in [3.8, 4) is 11.5 Å². The van der Waals surface area contributed by atoms with Gasteiger partial charge in [-0.05, 0) is 10.1 Å². The number of hydrogen-bond donors (Lipinski definition) is 0. The summed E-state index contributed by atoms with van der Waals surface area (Å²) in [5, 5.41) is 0.906. The Bertz CT molecular complexity index is 376. The quantitative estimate of drug-likeness (QED) is 0.392. The van der Waals surface area contributed by atoms with Crippen LogP contribution in [0, 0.1) is 11.5 Å². The van der Waals surface area contributed by atoms with Gasteiger partial charge in [-0.25, -0.2) is 0 Å². The van der Waals surface area contributed by atoms with Crippen molar-refractivity contribution in [2.45, 2.75) is 96.7 Å². The molecule has 0 amide bonds. The van der Waals surface area contributed by atoms with Gasteiger partial charge in [-0.1, -0.05) is 81.6 Å². The van der Waals surface area contributed by atoms with Gasteiger partial charge in [0.15, 0.2) is 0 Å². The maximum Gasteiger partial charge on any atom is 0.137 e. The van der Waals surface area contributed by atoms with E-state index in [1.807, 2.05) is 0 Å². The first-order valence-corrected chi connectivity index (χ1v) is 13.5. The highest BCUT2D eigenvalue weighted by molar-refractivity contribution is 6.88. The molecule has 0 heterocycles. The highest BCUT2D eigenvalue weighted by Crippen LogP contribution is 2.51. The van der Waals surface area contributed by atoms with Gasteiger partial charge in [-0.15, -0.1) is 11.5 Å². The SMILES string of the molecule is CC(C)(C)[Si](C)(C)C#CC(C)(C)[Si](C)(C)C(C)(C)C. The predicted octanol–water partition coefficient (Wildman–Crippen LogP) is 6.33. The van der Waals surface area contributed by atoms with Crippen LogP contribution in [0.15, 0.2) is 0 Å². The number of hydrogen-bond acceptors (Lipinski definition) is 0. The van der Waals surface area contributed by atoms with Crippen molar-refractivity contribution in [1.82, 2.24) is 0 Å². The molecule has 2 heteroatoms. The molecule has 0 bridgehead atoms. The van der Waals surface area contributed by atoms with Gasteiger partial charge in [0.1, 0.15) is 8.07 Å². The average molecular weight is 297 g/mol. The van der Waals surface area contributed by atoms with Crippen molar-refractivity contribution < 1.29 is 0 Å². The molecule has 0 unspecified atom stereocenters. The fourth-order valence-electron chi connectivity index (χ4n) is 1.59. The average Bonchev–Trinajstić information content (AvgIpc) is 2.11. The summed E-state index contributed by atoms with van der Waals surface area (Å²) in [5.41, 5.74) is 3.74. The van der Waals surface area contributed by atoms with Crippen LogP contribution in [0.4, 0.5) is 0 Å². The van der Waals surface area contributed by atoms with Crippen LogP contribution in [0.25, 0.3) is 0 Å². The van der Waals surface area contributed by atoms with Crippen LogP contribution in [0.3, 0.4) is 0 Å². The molecule has 0 saturated heterocycles. The van der Waals surface area contributed by atoms with E-state index >= 15 is 0 Å². The molecule has 0 atom stereocenters. The zero-order chi connectivity index (χ0) is 15.9. The molecule has 0 aromatic heterocycles. The fraction of sp³-hybridized carbons (Fsp3) is 0.882. The topological polar surface area (TPSA) is 0 Å².